The van der Waals surface area contributed by atoms with Crippen molar-refractivity contribution >= 4 is 32.7 Å². The second-order valence-corrected chi connectivity index (χ2v) is 6.86. The number of aryl methyl sites for hydroxylation is 1. The van der Waals surface area contributed by atoms with E-state index in [2.05, 4.69) is 0 Å². The molecule has 118 valence electrons. The highest BCUT2D eigenvalue weighted by molar-refractivity contribution is 7.87. The zero-order chi connectivity index (χ0) is 16.6. The molecule has 0 N–H and O–H groups in total. The van der Waals surface area contributed by atoms with E-state index in [0.29, 0.717) is 21.6 Å². The molecule has 0 fully saturated rings. The molecule has 0 aliphatic heterocycles. The molecule has 3 aromatic rings. The molecule has 0 amide bonds. The second kappa shape index (κ2) is 5.72. The summed E-state index contributed by atoms with van der Waals surface area (Å²) >= 11 is 5.91. The Hall–Kier alpha value is -2.31. The summed E-state index contributed by atoms with van der Waals surface area (Å²) in [5, 5.41) is 1.01. The van der Waals surface area contributed by atoms with Crippen LogP contribution in [-0.4, -0.2) is 8.42 Å². The summed E-state index contributed by atoms with van der Waals surface area (Å²) in [6.07, 6.45) is 0. The Morgan fingerprint density at radius 2 is 1.83 bits per heavy atom. The molecule has 0 spiro atoms. The van der Waals surface area contributed by atoms with Crippen LogP contribution in [0.25, 0.3) is 11.0 Å². The number of benzene rings is 2. The topological polar surface area (TPSA) is 73.6 Å². The monoisotopic (exact) mass is 350 g/mol. The minimum atomic E-state index is -4.01. The molecular formula is C16H11ClO5S. The van der Waals surface area contributed by atoms with Gasteiger partial charge in [-0.3, -0.25) is 0 Å². The SMILES string of the molecule is Cc1cc(OS(=O)(=O)c2ccc3oc(=O)ccc3c2)ccc1Cl. The summed E-state index contributed by atoms with van der Waals surface area (Å²) in [5.74, 6) is 0.173. The zero-order valence-corrected chi connectivity index (χ0v) is 13.5. The van der Waals surface area contributed by atoms with Gasteiger partial charge in [0, 0.05) is 16.5 Å². The highest BCUT2D eigenvalue weighted by Crippen LogP contribution is 2.25. The van der Waals surface area contributed by atoms with Gasteiger partial charge in [-0.15, -0.1) is 0 Å². The van der Waals surface area contributed by atoms with Crippen LogP contribution in [0.5, 0.6) is 5.75 Å². The quantitative estimate of drug-likeness (QED) is 0.533. The summed E-state index contributed by atoms with van der Waals surface area (Å²) in [7, 11) is -4.01. The van der Waals surface area contributed by atoms with Gasteiger partial charge in [0.2, 0.25) is 0 Å². The van der Waals surface area contributed by atoms with Crippen LogP contribution < -0.4 is 9.81 Å². The van der Waals surface area contributed by atoms with Crippen molar-refractivity contribution in [3.8, 4) is 5.75 Å². The molecule has 2 aromatic carbocycles. The fourth-order valence-corrected chi connectivity index (χ4v) is 3.13. The average molecular weight is 351 g/mol. The Balaban J connectivity index is 2.00. The fourth-order valence-electron chi connectivity index (χ4n) is 2.05. The van der Waals surface area contributed by atoms with Crippen molar-refractivity contribution in [3.63, 3.8) is 0 Å². The third-order valence-electron chi connectivity index (χ3n) is 3.21. The van der Waals surface area contributed by atoms with Crippen molar-refractivity contribution in [2.75, 3.05) is 0 Å². The summed E-state index contributed by atoms with van der Waals surface area (Å²) in [6, 6.07) is 11.4. The first-order valence-corrected chi connectivity index (χ1v) is 8.38. The summed E-state index contributed by atoms with van der Waals surface area (Å²) < 4.78 is 34.8. The van der Waals surface area contributed by atoms with E-state index in [-0.39, 0.29) is 10.6 Å². The first-order valence-electron chi connectivity index (χ1n) is 6.60. The Bertz CT molecular complexity index is 1050. The Morgan fingerprint density at radius 3 is 2.57 bits per heavy atom. The first kappa shape index (κ1) is 15.6. The lowest BCUT2D eigenvalue weighted by Crippen LogP contribution is -2.10. The fraction of sp³-hybridized carbons (Fsp3) is 0.0625. The predicted octanol–water partition coefficient (Wildman–Crippen LogP) is 3.52. The smallest absolute Gasteiger partial charge is 0.339 e. The molecule has 0 saturated carbocycles. The van der Waals surface area contributed by atoms with Crippen molar-refractivity contribution < 1.29 is 17.0 Å². The van der Waals surface area contributed by atoms with E-state index in [9.17, 15) is 13.2 Å². The third kappa shape index (κ3) is 3.23. The minimum Gasteiger partial charge on any atom is -0.423 e. The maximum absolute atomic E-state index is 12.4. The van der Waals surface area contributed by atoms with Gasteiger partial charge in [-0.2, -0.15) is 8.42 Å². The van der Waals surface area contributed by atoms with Crippen LogP contribution in [0.2, 0.25) is 5.02 Å². The Kier molecular flexibility index (Phi) is 3.87. The van der Waals surface area contributed by atoms with Crippen LogP contribution in [0, 0.1) is 6.92 Å². The van der Waals surface area contributed by atoms with Gasteiger partial charge in [-0.1, -0.05) is 11.6 Å². The molecule has 0 saturated heterocycles. The van der Waals surface area contributed by atoms with Gasteiger partial charge in [-0.25, -0.2) is 4.79 Å². The molecule has 23 heavy (non-hydrogen) atoms. The largest absolute Gasteiger partial charge is 0.423 e. The highest BCUT2D eigenvalue weighted by atomic mass is 35.5. The van der Waals surface area contributed by atoms with Gasteiger partial charge in [0.25, 0.3) is 0 Å². The molecule has 1 heterocycles. The molecule has 5 nitrogen and oxygen atoms in total. The Morgan fingerprint density at radius 1 is 1.04 bits per heavy atom. The molecule has 0 aliphatic carbocycles. The van der Waals surface area contributed by atoms with Gasteiger partial charge < -0.3 is 8.60 Å². The molecule has 0 atom stereocenters. The molecular weight excluding hydrogens is 340 g/mol. The standard InChI is InChI=1S/C16H11ClO5S/c1-10-8-12(3-5-14(10)17)22-23(19,20)13-4-6-15-11(9-13)2-7-16(18)21-15/h2-9H,1H3. The lowest BCUT2D eigenvalue weighted by atomic mass is 10.2. The number of rotatable bonds is 3. The minimum absolute atomic E-state index is 0.0357. The molecule has 0 aliphatic rings. The highest BCUT2D eigenvalue weighted by Gasteiger charge is 2.18. The van der Waals surface area contributed by atoms with E-state index in [4.69, 9.17) is 20.2 Å². The van der Waals surface area contributed by atoms with E-state index < -0.39 is 15.7 Å². The molecule has 1 aromatic heterocycles. The van der Waals surface area contributed by atoms with E-state index in [1.165, 1.54) is 36.4 Å². The molecule has 0 radical (unpaired) electrons. The summed E-state index contributed by atoms with van der Waals surface area (Å²) in [4.78, 5) is 11.1. The van der Waals surface area contributed by atoms with Crippen molar-refractivity contribution in [2.24, 2.45) is 0 Å². The lowest BCUT2D eigenvalue weighted by molar-refractivity contribution is 0.486. The van der Waals surface area contributed by atoms with E-state index in [0.717, 1.165) is 0 Å². The Labute approximate surface area is 137 Å². The first-order chi connectivity index (χ1) is 10.8. The van der Waals surface area contributed by atoms with Crippen molar-refractivity contribution in [3.05, 3.63) is 69.5 Å². The third-order valence-corrected chi connectivity index (χ3v) is 4.88. The molecule has 7 heteroatoms. The number of fused-ring (bicyclic) bond motifs is 1. The second-order valence-electron chi connectivity index (χ2n) is 4.90. The number of hydrogen-bond acceptors (Lipinski definition) is 5. The molecule has 0 bridgehead atoms. The van der Waals surface area contributed by atoms with Crippen LogP contribution in [0.3, 0.4) is 0 Å². The molecule has 0 unspecified atom stereocenters. The van der Waals surface area contributed by atoms with Crippen molar-refractivity contribution in [1.82, 2.24) is 0 Å². The van der Waals surface area contributed by atoms with E-state index >= 15 is 0 Å². The van der Waals surface area contributed by atoms with Gasteiger partial charge in [0.1, 0.15) is 16.2 Å². The van der Waals surface area contributed by atoms with Crippen LogP contribution in [0.15, 0.2) is 62.6 Å². The lowest BCUT2D eigenvalue weighted by Gasteiger charge is -2.08. The van der Waals surface area contributed by atoms with Crippen LogP contribution in [0.4, 0.5) is 0 Å². The number of hydrogen-bond donors (Lipinski definition) is 0. The summed E-state index contributed by atoms with van der Waals surface area (Å²) in [6.45, 7) is 1.75. The van der Waals surface area contributed by atoms with Crippen molar-refractivity contribution in [2.45, 2.75) is 11.8 Å². The van der Waals surface area contributed by atoms with E-state index in [1.54, 1.807) is 19.1 Å². The predicted molar refractivity (Wildman–Crippen MR) is 86.5 cm³/mol. The maximum atomic E-state index is 12.4. The van der Waals surface area contributed by atoms with E-state index in [1.807, 2.05) is 0 Å². The summed E-state index contributed by atoms with van der Waals surface area (Å²) in [5.41, 5.74) is 0.513. The van der Waals surface area contributed by atoms with Crippen molar-refractivity contribution in [1.29, 1.82) is 0 Å². The zero-order valence-electron chi connectivity index (χ0n) is 11.9. The maximum Gasteiger partial charge on any atom is 0.339 e. The van der Waals surface area contributed by atoms with Crippen LogP contribution in [-0.2, 0) is 10.1 Å². The van der Waals surface area contributed by atoms with Gasteiger partial charge in [-0.05, 0) is 55.0 Å². The van der Waals surface area contributed by atoms with Crippen LogP contribution >= 0.6 is 11.6 Å². The van der Waals surface area contributed by atoms with Gasteiger partial charge in [0.15, 0.2) is 0 Å². The van der Waals surface area contributed by atoms with Crippen LogP contribution in [0.1, 0.15) is 5.56 Å². The van der Waals surface area contributed by atoms with Gasteiger partial charge in [0.05, 0.1) is 0 Å². The molecule has 3 rings (SSSR count). The average Bonchev–Trinajstić information content (AvgIpc) is 2.50. The van der Waals surface area contributed by atoms with Gasteiger partial charge >= 0.3 is 15.7 Å². The number of halogens is 1. The normalized spacial score (nSPS) is 11.6.